The van der Waals surface area contributed by atoms with Crippen LogP contribution in [-0.4, -0.2) is 23.3 Å². The summed E-state index contributed by atoms with van der Waals surface area (Å²) in [5, 5.41) is 7.92. The number of anilines is 1. The summed E-state index contributed by atoms with van der Waals surface area (Å²) in [5.41, 5.74) is 5.85. The molecule has 0 spiro atoms. The third-order valence-electron chi connectivity index (χ3n) is 3.62. The first-order valence-corrected chi connectivity index (χ1v) is 6.28. The normalized spacial score (nSPS) is 18.7. The Morgan fingerprint density at radius 2 is 1.94 bits per heavy atom. The van der Waals surface area contributed by atoms with Gasteiger partial charge in [-0.25, -0.2) is 0 Å². The van der Waals surface area contributed by atoms with Crippen LogP contribution in [0.2, 0.25) is 0 Å². The number of piperidine rings is 1. The summed E-state index contributed by atoms with van der Waals surface area (Å²) in [6.07, 6.45) is 2.37. The molecule has 1 aromatic heterocycles. The van der Waals surface area contributed by atoms with Crippen LogP contribution >= 0.6 is 0 Å². The van der Waals surface area contributed by atoms with Gasteiger partial charge in [-0.3, -0.25) is 0 Å². The summed E-state index contributed by atoms with van der Waals surface area (Å²) in [4.78, 5) is 2.16. The van der Waals surface area contributed by atoms with Crippen molar-refractivity contribution in [2.75, 3.05) is 18.0 Å². The largest absolute Gasteiger partial charge is 0.407 e. The maximum atomic E-state index is 5.47. The number of hydrogen-bond donors (Lipinski definition) is 1. The fourth-order valence-electron chi connectivity index (χ4n) is 2.39. The molecule has 96 valence electrons. The lowest BCUT2D eigenvalue weighted by Gasteiger charge is -2.38. The summed E-state index contributed by atoms with van der Waals surface area (Å²) in [7, 11) is 0. The molecule has 2 rings (SSSR count). The Hall–Kier alpha value is -1.10. The fraction of sp³-hybridized carbons (Fsp3) is 0.833. The summed E-state index contributed by atoms with van der Waals surface area (Å²) < 4.78 is 5.47. The molecule has 0 saturated carbocycles. The van der Waals surface area contributed by atoms with Crippen molar-refractivity contribution in [3.05, 3.63) is 5.89 Å². The van der Waals surface area contributed by atoms with E-state index >= 15 is 0 Å². The van der Waals surface area contributed by atoms with Crippen molar-refractivity contribution in [1.29, 1.82) is 0 Å². The predicted molar refractivity (Wildman–Crippen MR) is 66.6 cm³/mol. The topological polar surface area (TPSA) is 68.2 Å². The number of nitrogens with zero attached hydrogens (tertiary/aromatic N) is 3. The van der Waals surface area contributed by atoms with Crippen LogP contribution in [0.1, 0.15) is 39.5 Å². The first kappa shape index (κ1) is 12.4. The smallest absolute Gasteiger partial charge is 0.318 e. The Labute approximate surface area is 102 Å². The third-order valence-corrected chi connectivity index (χ3v) is 3.62. The minimum atomic E-state index is 0.311. The van der Waals surface area contributed by atoms with Gasteiger partial charge >= 0.3 is 6.01 Å². The van der Waals surface area contributed by atoms with E-state index in [2.05, 4.69) is 35.9 Å². The molecule has 2 N–H and O–H groups in total. The molecule has 1 aliphatic heterocycles. The summed E-state index contributed by atoms with van der Waals surface area (Å²) in [6.45, 7) is 9.24. The van der Waals surface area contributed by atoms with Gasteiger partial charge in [0.05, 0.1) is 6.54 Å². The van der Waals surface area contributed by atoms with Crippen LogP contribution in [0.4, 0.5) is 6.01 Å². The van der Waals surface area contributed by atoms with E-state index in [1.165, 1.54) is 12.8 Å². The Balaban J connectivity index is 1.95. The van der Waals surface area contributed by atoms with Gasteiger partial charge in [-0.15, -0.1) is 5.10 Å². The highest BCUT2D eigenvalue weighted by atomic mass is 16.4. The molecule has 0 atom stereocenters. The van der Waals surface area contributed by atoms with E-state index < -0.39 is 0 Å². The summed E-state index contributed by atoms with van der Waals surface area (Å²) >= 11 is 0. The molecule has 1 saturated heterocycles. The standard InChI is InChI=1S/C12H22N4O/c1-12(2,3)9-4-6-16(7-5-9)11-15-14-10(8-13)17-11/h9H,4-8,13H2,1-3H3. The van der Waals surface area contributed by atoms with Gasteiger partial charge < -0.3 is 15.1 Å². The average molecular weight is 238 g/mol. The summed E-state index contributed by atoms with van der Waals surface area (Å²) in [6, 6.07) is 0.623. The van der Waals surface area contributed by atoms with Gasteiger partial charge in [-0.1, -0.05) is 25.9 Å². The lowest BCUT2D eigenvalue weighted by molar-refractivity contribution is 0.196. The van der Waals surface area contributed by atoms with E-state index in [-0.39, 0.29) is 0 Å². The van der Waals surface area contributed by atoms with E-state index in [4.69, 9.17) is 10.2 Å². The van der Waals surface area contributed by atoms with Crippen LogP contribution in [0.3, 0.4) is 0 Å². The Morgan fingerprint density at radius 3 is 2.41 bits per heavy atom. The predicted octanol–water partition coefficient (Wildman–Crippen LogP) is 1.79. The minimum absolute atomic E-state index is 0.311. The van der Waals surface area contributed by atoms with Gasteiger partial charge in [0.2, 0.25) is 5.89 Å². The third kappa shape index (κ3) is 2.77. The second kappa shape index (κ2) is 4.64. The molecule has 0 radical (unpaired) electrons. The first-order valence-electron chi connectivity index (χ1n) is 6.28. The molecule has 0 bridgehead atoms. The van der Waals surface area contributed by atoms with Crippen LogP contribution in [0.15, 0.2) is 4.42 Å². The highest BCUT2D eigenvalue weighted by molar-refractivity contribution is 5.24. The molecule has 0 unspecified atom stereocenters. The van der Waals surface area contributed by atoms with Crippen LogP contribution in [0.25, 0.3) is 0 Å². The van der Waals surface area contributed by atoms with Crippen LogP contribution in [0.5, 0.6) is 0 Å². The molecule has 0 amide bonds. The Bertz CT molecular complexity index is 361. The molecule has 5 nitrogen and oxygen atoms in total. The highest BCUT2D eigenvalue weighted by Crippen LogP contribution is 2.35. The maximum absolute atomic E-state index is 5.47. The van der Waals surface area contributed by atoms with Gasteiger partial charge in [0.15, 0.2) is 0 Å². The molecule has 0 aliphatic carbocycles. The van der Waals surface area contributed by atoms with Gasteiger partial charge in [0, 0.05) is 13.1 Å². The number of rotatable bonds is 2. The van der Waals surface area contributed by atoms with Crippen molar-refractivity contribution in [3.63, 3.8) is 0 Å². The van der Waals surface area contributed by atoms with Crippen molar-refractivity contribution in [2.45, 2.75) is 40.2 Å². The lowest BCUT2D eigenvalue weighted by atomic mass is 9.75. The van der Waals surface area contributed by atoms with Gasteiger partial charge in [-0.2, -0.15) is 0 Å². The molecule has 5 heteroatoms. The van der Waals surface area contributed by atoms with Gasteiger partial charge in [0.25, 0.3) is 0 Å². The summed E-state index contributed by atoms with van der Waals surface area (Å²) in [5.74, 6) is 1.29. The van der Waals surface area contributed by atoms with Crippen molar-refractivity contribution in [3.8, 4) is 0 Å². The number of hydrogen-bond acceptors (Lipinski definition) is 5. The van der Waals surface area contributed by atoms with Crippen LogP contribution in [-0.2, 0) is 6.54 Å². The zero-order valence-electron chi connectivity index (χ0n) is 10.9. The second-order valence-electron chi connectivity index (χ2n) is 5.81. The Morgan fingerprint density at radius 1 is 1.29 bits per heavy atom. The molecule has 2 heterocycles. The van der Waals surface area contributed by atoms with Gasteiger partial charge in [-0.05, 0) is 24.2 Å². The van der Waals surface area contributed by atoms with Crippen molar-refractivity contribution < 1.29 is 4.42 Å². The van der Waals surface area contributed by atoms with E-state index in [9.17, 15) is 0 Å². The van der Waals surface area contributed by atoms with Crippen LogP contribution in [0, 0.1) is 11.3 Å². The number of aromatic nitrogens is 2. The second-order valence-corrected chi connectivity index (χ2v) is 5.81. The van der Waals surface area contributed by atoms with E-state index in [1.807, 2.05) is 0 Å². The SMILES string of the molecule is CC(C)(C)C1CCN(c2nnc(CN)o2)CC1. The van der Waals surface area contributed by atoms with E-state index in [0.29, 0.717) is 23.9 Å². The monoisotopic (exact) mass is 238 g/mol. The molecule has 1 aromatic rings. The average Bonchev–Trinajstić information content (AvgIpc) is 2.76. The zero-order valence-corrected chi connectivity index (χ0v) is 10.9. The highest BCUT2D eigenvalue weighted by Gasteiger charge is 2.30. The molecule has 1 aliphatic rings. The van der Waals surface area contributed by atoms with E-state index in [1.54, 1.807) is 0 Å². The van der Waals surface area contributed by atoms with E-state index in [0.717, 1.165) is 19.0 Å². The number of nitrogens with two attached hydrogens (primary N) is 1. The van der Waals surface area contributed by atoms with Crippen molar-refractivity contribution in [2.24, 2.45) is 17.1 Å². The zero-order chi connectivity index (χ0) is 12.5. The molecule has 17 heavy (non-hydrogen) atoms. The van der Waals surface area contributed by atoms with Crippen molar-refractivity contribution in [1.82, 2.24) is 10.2 Å². The van der Waals surface area contributed by atoms with Crippen molar-refractivity contribution >= 4 is 6.01 Å². The van der Waals surface area contributed by atoms with Gasteiger partial charge in [0.1, 0.15) is 0 Å². The quantitative estimate of drug-likeness (QED) is 0.850. The van der Waals surface area contributed by atoms with Crippen LogP contribution < -0.4 is 10.6 Å². The minimum Gasteiger partial charge on any atom is -0.407 e. The molecular formula is C12H22N4O. The molecule has 1 fully saturated rings. The Kier molecular flexibility index (Phi) is 3.38. The fourth-order valence-corrected chi connectivity index (χ4v) is 2.39. The maximum Gasteiger partial charge on any atom is 0.318 e. The lowest BCUT2D eigenvalue weighted by Crippen LogP contribution is -2.38. The molecular weight excluding hydrogens is 216 g/mol. The first-order chi connectivity index (χ1) is 8.00. The molecule has 0 aromatic carbocycles.